The van der Waals surface area contributed by atoms with Crippen molar-refractivity contribution in [2.75, 3.05) is 7.05 Å². The average Bonchev–Trinajstić information content (AvgIpc) is 3.36. The highest BCUT2D eigenvalue weighted by molar-refractivity contribution is 6.31. The van der Waals surface area contributed by atoms with E-state index in [0.717, 1.165) is 17.8 Å². The van der Waals surface area contributed by atoms with E-state index in [-0.39, 0.29) is 0 Å². The molecule has 0 aliphatic heterocycles. The van der Waals surface area contributed by atoms with E-state index in [1.54, 1.807) is 6.20 Å². The highest BCUT2D eigenvalue weighted by atomic mass is 35.5. The largest absolute Gasteiger partial charge is 0.338 e. The van der Waals surface area contributed by atoms with Crippen molar-refractivity contribution in [3.05, 3.63) is 94.9 Å². The molecule has 0 bridgehead atoms. The van der Waals surface area contributed by atoms with E-state index in [1.165, 1.54) is 5.56 Å². The van der Waals surface area contributed by atoms with Crippen LogP contribution >= 0.6 is 11.6 Å². The number of hydrogen-bond acceptors (Lipinski definition) is 5. The van der Waals surface area contributed by atoms with E-state index >= 15 is 0 Å². The number of benzene rings is 2. The van der Waals surface area contributed by atoms with E-state index in [9.17, 15) is 0 Å². The Morgan fingerprint density at radius 3 is 2.79 bits per heavy atom. The van der Waals surface area contributed by atoms with Crippen LogP contribution in [0.5, 0.6) is 0 Å². The minimum atomic E-state index is 0.554. The van der Waals surface area contributed by atoms with Gasteiger partial charge in [0.2, 0.25) is 5.89 Å². The molecule has 0 aliphatic rings. The topological polar surface area (TPSA) is 60.0 Å². The molecule has 2 aromatic carbocycles. The van der Waals surface area contributed by atoms with Crippen LogP contribution in [-0.2, 0) is 19.5 Å². The molecule has 4 rings (SSSR count). The van der Waals surface area contributed by atoms with Crippen LogP contribution in [0.1, 0.15) is 22.8 Å². The second-order valence-corrected chi connectivity index (χ2v) is 7.07. The second kappa shape index (κ2) is 8.37. The Morgan fingerprint density at radius 1 is 1.07 bits per heavy atom. The second-order valence-electron chi connectivity index (χ2n) is 6.67. The summed E-state index contributed by atoms with van der Waals surface area (Å²) in [6.07, 6.45) is 4.26. The van der Waals surface area contributed by atoms with E-state index in [0.29, 0.717) is 29.7 Å². The fourth-order valence-electron chi connectivity index (χ4n) is 3.06. The van der Waals surface area contributed by atoms with Crippen LogP contribution in [0.2, 0.25) is 5.02 Å². The number of aromatic nitrogens is 4. The fourth-order valence-corrected chi connectivity index (χ4v) is 3.26. The third-order valence-corrected chi connectivity index (χ3v) is 4.72. The van der Waals surface area contributed by atoms with E-state index in [2.05, 4.69) is 32.3 Å². The molecule has 0 spiro atoms. The number of hydrogen-bond donors (Lipinski definition) is 0. The molecule has 0 N–H and O–H groups in total. The lowest BCUT2D eigenvalue weighted by atomic mass is 10.1. The van der Waals surface area contributed by atoms with Gasteiger partial charge in [0.15, 0.2) is 5.82 Å². The first-order valence-electron chi connectivity index (χ1n) is 9.00. The van der Waals surface area contributed by atoms with E-state index in [4.69, 9.17) is 16.1 Å². The minimum Gasteiger partial charge on any atom is -0.338 e. The third-order valence-electron chi connectivity index (χ3n) is 4.35. The summed E-state index contributed by atoms with van der Waals surface area (Å²) >= 11 is 6.20. The average molecular weight is 394 g/mol. The lowest BCUT2D eigenvalue weighted by molar-refractivity contribution is 0.260. The summed E-state index contributed by atoms with van der Waals surface area (Å²) < 4.78 is 7.26. The molecule has 0 amide bonds. The SMILES string of the molecule is CN(Cc1cccc(-n2cccn2)c1)Cc1nc(Cc2ccccc2Cl)no1. The first-order valence-corrected chi connectivity index (χ1v) is 9.37. The molecule has 2 heterocycles. The van der Waals surface area contributed by atoms with Crippen LogP contribution < -0.4 is 0 Å². The molecule has 0 radical (unpaired) electrons. The van der Waals surface area contributed by atoms with Gasteiger partial charge in [0, 0.05) is 30.4 Å². The van der Waals surface area contributed by atoms with Gasteiger partial charge in [-0.05, 0) is 42.4 Å². The lowest BCUT2D eigenvalue weighted by Gasteiger charge is -2.14. The first-order chi connectivity index (χ1) is 13.7. The molecule has 142 valence electrons. The molecule has 0 fully saturated rings. The summed E-state index contributed by atoms with van der Waals surface area (Å²) in [6, 6.07) is 17.9. The van der Waals surface area contributed by atoms with Crippen LogP contribution in [0.4, 0.5) is 0 Å². The van der Waals surface area contributed by atoms with Crippen molar-refractivity contribution in [2.24, 2.45) is 0 Å². The Morgan fingerprint density at radius 2 is 1.96 bits per heavy atom. The van der Waals surface area contributed by atoms with Crippen molar-refractivity contribution in [3.63, 3.8) is 0 Å². The first kappa shape index (κ1) is 18.4. The Balaban J connectivity index is 1.38. The van der Waals surface area contributed by atoms with Gasteiger partial charge in [-0.3, -0.25) is 4.90 Å². The van der Waals surface area contributed by atoms with Gasteiger partial charge in [-0.25, -0.2) is 4.68 Å². The molecular weight excluding hydrogens is 374 g/mol. The normalized spacial score (nSPS) is 11.2. The quantitative estimate of drug-likeness (QED) is 0.472. The molecule has 0 unspecified atom stereocenters. The van der Waals surface area contributed by atoms with Gasteiger partial charge in [-0.15, -0.1) is 0 Å². The Hall–Kier alpha value is -2.96. The molecule has 0 aliphatic carbocycles. The Labute approximate surface area is 168 Å². The third kappa shape index (κ3) is 4.47. The zero-order chi connectivity index (χ0) is 19.3. The van der Waals surface area contributed by atoms with Gasteiger partial charge in [-0.2, -0.15) is 10.1 Å². The van der Waals surface area contributed by atoms with Crippen molar-refractivity contribution in [1.82, 2.24) is 24.8 Å². The highest BCUT2D eigenvalue weighted by Gasteiger charge is 2.12. The number of halogens is 1. The highest BCUT2D eigenvalue weighted by Crippen LogP contribution is 2.18. The van der Waals surface area contributed by atoms with E-state index in [1.807, 2.05) is 60.4 Å². The molecule has 0 atom stereocenters. The Bertz CT molecular complexity index is 1040. The summed E-state index contributed by atoms with van der Waals surface area (Å²) in [5.41, 5.74) is 3.21. The van der Waals surface area contributed by atoms with Crippen molar-refractivity contribution in [1.29, 1.82) is 0 Å². The van der Waals surface area contributed by atoms with Crippen molar-refractivity contribution >= 4 is 11.6 Å². The molecule has 0 saturated heterocycles. The summed E-state index contributed by atoms with van der Waals surface area (Å²) in [4.78, 5) is 6.63. The van der Waals surface area contributed by atoms with Gasteiger partial charge < -0.3 is 4.52 Å². The zero-order valence-electron chi connectivity index (χ0n) is 15.5. The van der Waals surface area contributed by atoms with Gasteiger partial charge in [0.25, 0.3) is 0 Å². The summed E-state index contributed by atoms with van der Waals surface area (Å²) in [5.74, 6) is 1.23. The molecular formula is C21H20ClN5O. The van der Waals surface area contributed by atoms with Crippen LogP contribution in [0.25, 0.3) is 5.69 Å². The number of rotatable bonds is 7. The monoisotopic (exact) mass is 393 g/mol. The summed E-state index contributed by atoms with van der Waals surface area (Å²) in [6.45, 7) is 1.33. The van der Waals surface area contributed by atoms with Crippen LogP contribution in [-0.4, -0.2) is 31.9 Å². The standard InChI is InChI=1S/C21H20ClN5O/c1-26(14-16-6-4-8-18(12-16)27-11-5-10-23-27)15-21-24-20(25-28-21)13-17-7-2-3-9-19(17)22/h2-12H,13-15H2,1H3. The predicted octanol–water partition coefficient (Wildman–Crippen LogP) is 4.13. The maximum Gasteiger partial charge on any atom is 0.240 e. The molecule has 0 saturated carbocycles. The lowest BCUT2D eigenvalue weighted by Crippen LogP contribution is -2.17. The van der Waals surface area contributed by atoms with Crippen LogP contribution in [0.15, 0.2) is 71.5 Å². The van der Waals surface area contributed by atoms with Crippen LogP contribution in [0.3, 0.4) is 0 Å². The summed E-state index contributed by atoms with van der Waals surface area (Å²) in [7, 11) is 2.03. The maximum absolute atomic E-state index is 6.20. The van der Waals surface area contributed by atoms with Crippen molar-refractivity contribution in [3.8, 4) is 5.69 Å². The molecule has 28 heavy (non-hydrogen) atoms. The zero-order valence-corrected chi connectivity index (χ0v) is 16.3. The van der Waals surface area contributed by atoms with Crippen LogP contribution in [0, 0.1) is 0 Å². The minimum absolute atomic E-state index is 0.554. The van der Waals surface area contributed by atoms with Gasteiger partial charge >= 0.3 is 0 Å². The van der Waals surface area contributed by atoms with Crippen molar-refractivity contribution in [2.45, 2.75) is 19.5 Å². The van der Waals surface area contributed by atoms with E-state index < -0.39 is 0 Å². The Kier molecular flexibility index (Phi) is 5.50. The molecule has 2 aromatic heterocycles. The van der Waals surface area contributed by atoms with Gasteiger partial charge in [0.05, 0.1) is 12.2 Å². The fraction of sp³-hybridized carbons (Fsp3) is 0.190. The molecule has 7 heteroatoms. The molecule has 4 aromatic rings. The number of nitrogens with zero attached hydrogens (tertiary/aromatic N) is 5. The maximum atomic E-state index is 6.20. The molecule has 6 nitrogen and oxygen atoms in total. The predicted molar refractivity (Wildman–Crippen MR) is 107 cm³/mol. The smallest absolute Gasteiger partial charge is 0.240 e. The van der Waals surface area contributed by atoms with Gasteiger partial charge in [-0.1, -0.05) is 47.1 Å². The summed E-state index contributed by atoms with van der Waals surface area (Å²) in [5, 5.41) is 9.07. The van der Waals surface area contributed by atoms with Crippen molar-refractivity contribution < 1.29 is 4.52 Å². The van der Waals surface area contributed by atoms with Gasteiger partial charge in [0.1, 0.15) is 0 Å².